The summed E-state index contributed by atoms with van der Waals surface area (Å²) in [6.07, 6.45) is 5.38. The molecule has 1 fully saturated rings. The smallest absolute Gasteiger partial charge is 0.202 e. The lowest BCUT2D eigenvalue weighted by atomic mass is 10.2. The van der Waals surface area contributed by atoms with Crippen LogP contribution in [0.5, 0.6) is 0 Å². The molecule has 0 aliphatic heterocycles. The van der Waals surface area contributed by atoms with E-state index in [1.165, 1.54) is 0 Å². The van der Waals surface area contributed by atoms with Crippen molar-refractivity contribution in [3.05, 3.63) is 17.8 Å². The van der Waals surface area contributed by atoms with Crippen molar-refractivity contribution >= 4 is 17.1 Å². The molecule has 0 aromatic carbocycles. The van der Waals surface area contributed by atoms with E-state index >= 15 is 0 Å². The minimum Gasteiger partial charge on any atom is -0.379 e. The van der Waals surface area contributed by atoms with Crippen LogP contribution in [0.15, 0.2) is 12.3 Å². The molecule has 2 aromatic rings. The van der Waals surface area contributed by atoms with Gasteiger partial charge in [0, 0.05) is 13.3 Å². The number of hydrogen-bond donors (Lipinski definition) is 1. The van der Waals surface area contributed by atoms with E-state index in [9.17, 15) is 0 Å². The van der Waals surface area contributed by atoms with Gasteiger partial charge in [0.25, 0.3) is 0 Å². The number of ether oxygens (including phenoxy) is 1. The van der Waals surface area contributed by atoms with Gasteiger partial charge in [-0.3, -0.25) is 4.57 Å². The first-order chi connectivity index (χ1) is 8.70. The summed E-state index contributed by atoms with van der Waals surface area (Å²) < 4.78 is 7.58. The lowest BCUT2D eigenvalue weighted by Crippen LogP contribution is -2.22. The van der Waals surface area contributed by atoms with Gasteiger partial charge in [0.05, 0.1) is 12.1 Å². The average molecular weight is 246 g/mol. The number of imidazole rings is 1. The molecule has 0 amide bonds. The molecular weight excluding hydrogens is 228 g/mol. The van der Waals surface area contributed by atoms with Crippen LogP contribution in [0.1, 0.15) is 30.9 Å². The standard InChI is InChI=1S/C13H18N4O/c1-8-6-9-12(15-7-8)17(13(14)16-9)10-4-3-5-11(10)18-2/h6-7,10-11H,3-5H2,1-2H3,(H2,14,16). The molecule has 3 rings (SSSR count). The van der Waals surface area contributed by atoms with Crippen LogP contribution in [0.4, 0.5) is 5.95 Å². The second-order valence-corrected chi connectivity index (χ2v) is 4.97. The van der Waals surface area contributed by atoms with Gasteiger partial charge in [-0.2, -0.15) is 0 Å². The zero-order valence-electron chi connectivity index (χ0n) is 10.8. The maximum absolute atomic E-state index is 6.06. The zero-order valence-corrected chi connectivity index (χ0v) is 10.8. The van der Waals surface area contributed by atoms with Crippen molar-refractivity contribution in [2.45, 2.75) is 38.3 Å². The van der Waals surface area contributed by atoms with E-state index in [1.807, 2.05) is 23.8 Å². The SMILES string of the molecule is COC1CCCC1n1c(N)nc2cc(C)cnc21. The summed E-state index contributed by atoms with van der Waals surface area (Å²) in [5, 5.41) is 0. The van der Waals surface area contributed by atoms with E-state index in [2.05, 4.69) is 9.97 Å². The Hall–Kier alpha value is -1.62. The van der Waals surface area contributed by atoms with E-state index in [1.54, 1.807) is 7.11 Å². The third-order valence-electron chi connectivity index (χ3n) is 3.75. The van der Waals surface area contributed by atoms with Gasteiger partial charge in [-0.05, 0) is 37.8 Å². The molecule has 2 heterocycles. The number of nitrogen functional groups attached to an aromatic ring is 1. The van der Waals surface area contributed by atoms with Gasteiger partial charge in [0.1, 0.15) is 5.52 Å². The van der Waals surface area contributed by atoms with Crippen LogP contribution >= 0.6 is 0 Å². The molecule has 1 aliphatic rings. The Labute approximate surface area is 106 Å². The second kappa shape index (κ2) is 4.24. The van der Waals surface area contributed by atoms with E-state index in [-0.39, 0.29) is 12.1 Å². The summed E-state index contributed by atoms with van der Waals surface area (Å²) in [5.74, 6) is 0.539. The van der Waals surface area contributed by atoms with E-state index in [4.69, 9.17) is 10.5 Å². The van der Waals surface area contributed by atoms with Gasteiger partial charge in [-0.1, -0.05) is 0 Å². The quantitative estimate of drug-likeness (QED) is 0.880. The number of pyridine rings is 1. The molecule has 18 heavy (non-hydrogen) atoms. The lowest BCUT2D eigenvalue weighted by molar-refractivity contribution is 0.0767. The predicted octanol–water partition coefficient (Wildman–Crippen LogP) is 2.06. The largest absolute Gasteiger partial charge is 0.379 e. The summed E-state index contributed by atoms with van der Waals surface area (Å²) in [7, 11) is 1.76. The summed E-state index contributed by atoms with van der Waals surface area (Å²) in [4.78, 5) is 8.89. The summed E-state index contributed by atoms with van der Waals surface area (Å²) in [6, 6.07) is 2.28. The second-order valence-electron chi connectivity index (χ2n) is 4.97. The van der Waals surface area contributed by atoms with Crippen LogP contribution in [0.25, 0.3) is 11.2 Å². The molecule has 0 spiro atoms. The number of anilines is 1. The summed E-state index contributed by atoms with van der Waals surface area (Å²) in [5.41, 5.74) is 8.89. The van der Waals surface area contributed by atoms with Crippen LogP contribution in [0.2, 0.25) is 0 Å². The van der Waals surface area contributed by atoms with E-state index in [0.717, 1.165) is 36.0 Å². The van der Waals surface area contributed by atoms with Crippen molar-refractivity contribution in [3.8, 4) is 0 Å². The molecule has 2 aromatic heterocycles. The van der Waals surface area contributed by atoms with Crippen molar-refractivity contribution in [2.75, 3.05) is 12.8 Å². The molecule has 2 atom stereocenters. The van der Waals surface area contributed by atoms with Gasteiger partial charge < -0.3 is 10.5 Å². The molecule has 0 radical (unpaired) electrons. The van der Waals surface area contributed by atoms with Gasteiger partial charge in [-0.15, -0.1) is 0 Å². The Kier molecular flexibility index (Phi) is 2.70. The number of aryl methyl sites for hydroxylation is 1. The van der Waals surface area contributed by atoms with Crippen molar-refractivity contribution in [1.82, 2.24) is 14.5 Å². The maximum atomic E-state index is 6.06. The first-order valence-electron chi connectivity index (χ1n) is 6.33. The molecule has 0 saturated heterocycles. The number of nitrogens with two attached hydrogens (primary N) is 1. The fraction of sp³-hybridized carbons (Fsp3) is 0.538. The minimum atomic E-state index is 0.216. The third-order valence-corrected chi connectivity index (χ3v) is 3.75. The number of aromatic nitrogens is 3. The molecule has 1 aliphatic carbocycles. The van der Waals surface area contributed by atoms with E-state index < -0.39 is 0 Å². The Balaban J connectivity index is 2.13. The molecule has 2 unspecified atom stereocenters. The molecule has 0 bridgehead atoms. The van der Waals surface area contributed by atoms with Gasteiger partial charge >= 0.3 is 0 Å². The van der Waals surface area contributed by atoms with Gasteiger partial charge in [0.2, 0.25) is 5.95 Å². The molecule has 96 valence electrons. The van der Waals surface area contributed by atoms with E-state index in [0.29, 0.717) is 5.95 Å². The molecule has 5 nitrogen and oxygen atoms in total. The van der Waals surface area contributed by atoms with Crippen molar-refractivity contribution in [1.29, 1.82) is 0 Å². The van der Waals surface area contributed by atoms with Crippen LogP contribution in [-0.4, -0.2) is 27.7 Å². The third kappa shape index (κ3) is 1.66. The fourth-order valence-corrected chi connectivity index (χ4v) is 2.90. The van der Waals surface area contributed by atoms with Crippen LogP contribution in [0.3, 0.4) is 0 Å². The normalized spacial score (nSPS) is 23.9. The van der Waals surface area contributed by atoms with Crippen molar-refractivity contribution < 1.29 is 4.74 Å². The molecule has 2 N–H and O–H groups in total. The van der Waals surface area contributed by atoms with Crippen LogP contribution < -0.4 is 5.73 Å². The van der Waals surface area contributed by atoms with Crippen LogP contribution in [-0.2, 0) is 4.74 Å². The summed E-state index contributed by atoms with van der Waals surface area (Å²) in [6.45, 7) is 2.01. The Morgan fingerprint density at radius 2 is 2.28 bits per heavy atom. The summed E-state index contributed by atoms with van der Waals surface area (Å²) >= 11 is 0. The minimum absolute atomic E-state index is 0.216. The first kappa shape index (κ1) is 11.5. The zero-order chi connectivity index (χ0) is 12.7. The molecular formula is C13H18N4O. The average Bonchev–Trinajstić information content (AvgIpc) is 2.90. The van der Waals surface area contributed by atoms with Crippen molar-refractivity contribution in [2.24, 2.45) is 0 Å². The van der Waals surface area contributed by atoms with Gasteiger partial charge in [-0.25, -0.2) is 9.97 Å². The first-order valence-corrected chi connectivity index (χ1v) is 6.33. The predicted molar refractivity (Wildman–Crippen MR) is 70.4 cm³/mol. The number of rotatable bonds is 2. The maximum Gasteiger partial charge on any atom is 0.202 e. The fourth-order valence-electron chi connectivity index (χ4n) is 2.90. The number of methoxy groups -OCH3 is 1. The Morgan fingerprint density at radius 1 is 1.44 bits per heavy atom. The van der Waals surface area contributed by atoms with Crippen molar-refractivity contribution in [3.63, 3.8) is 0 Å². The highest BCUT2D eigenvalue weighted by Gasteiger charge is 2.31. The van der Waals surface area contributed by atoms with Gasteiger partial charge in [0.15, 0.2) is 5.65 Å². The highest BCUT2D eigenvalue weighted by atomic mass is 16.5. The molecule has 5 heteroatoms. The monoisotopic (exact) mass is 246 g/mol. The molecule has 1 saturated carbocycles. The Morgan fingerprint density at radius 3 is 3.06 bits per heavy atom. The highest BCUT2D eigenvalue weighted by Crippen LogP contribution is 2.35. The lowest BCUT2D eigenvalue weighted by Gasteiger charge is -2.20. The van der Waals surface area contributed by atoms with Crippen LogP contribution in [0, 0.1) is 6.92 Å². The number of hydrogen-bond acceptors (Lipinski definition) is 4. The topological polar surface area (TPSA) is 66.0 Å². The number of fused-ring (bicyclic) bond motifs is 1. The highest BCUT2D eigenvalue weighted by molar-refractivity contribution is 5.74. The Bertz CT molecular complexity index is 578. The number of nitrogens with zero attached hydrogens (tertiary/aromatic N) is 3.